The summed E-state index contributed by atoms with van der Waals surface area (Å²) in [6.07, 6.45) is 1.82. The molecule has 8 nitrogen and oxygen atoms in total. The van der Waals surface area contributed by atoms with Crippen LogP contribution < -0.4 is 16.0 Å². The molecule has 1 atom stereocenters. The van der Waals surface area contributed by atoms with Crippen molar-refractivity contribution in [2.45, 2.75) is 12.5 Å². The second-order valence-electron chi connectivity index (χ2n) is 5.23. The van der Waals surface area contributed by atoms with Crippen LogP contribution in [0.2, 0.25) is 0 Å². The predicted octanol–water partition coefficient (Wildman–Crippen LogP) is 0.344. The highest BCUT2D eigenvalue weighted by atomic mass is 16.3. The molecule has 1 heterocycles. The van der Waals surface area contributed by atoms with Gasteiger partial charge >= 0.3 is 0 Å². The minimum Gasteiger partial charge on any atom is -0.396 e. The van der Waals surface area contributed by atoms with Crippen molar-refractivity contribution in [3.63, 3.8) is 0 Å². The van der Waals surface area contributed by atoms with Crippen molar-refractivity contribution >= 4 is 23.1 Å². The quantitative estimate of drug-likeness (QED) is 0.444. The molecule has 1 unspecified atom stereocenters. The Labute approximate surface area is 140 Å². The van der Waals surface area contributed by atoms with Gasteiger partial charge in [-0.3, -0.25) is 0 Å². The first-order valence-corrected chi connectivity index (χ1v) is 7.73. The van der Waals surface area contributed by atoms with Gasteiger partial charge in [-0.25, -0.2) is 4.98 Å². The molecule has 2 aromatic rings. The van der Waals surface area contributed by atoms with Crippen molar-refractivity contribution in [3.8, 4) is 0 Å². The number of rotatable bonds is 9. The molecule has 130 valence electrons. The highest BCUT2D eigenvalue weighted by Gasteiger charge is 2.21. The maximum atomic E-state index is 9.54. The fourth-order valence-corrected chi connectivity index (χ4v) is 2.33. The highest BCUT2D eigenvalue weighted by Crippen LogP contribution is 2.23. The number of nitrogens with one attached hydrogen (secondary N) is 1. The molecule has 2 rings (SSSR count). The van der Waals surface area contributed by atoms with Crippen molar-refractivity contribution in [1.82, 2.24) is 9.97 Å². The third-order valence-corrected chi connectivity index (χ3v) is 3.55. The zero-order valence-electron chi connectivity index (χ0n) is 13.3. The largest absolute Gasteiger partial charge is 0.396 e. The Bertz CT molecular complexity index is 626. The molecular formula is C16H23N5O3. The number of aliphatic hydroxyl groups excluding tert-OH is 3. The van der Waals surface area contributed by atoms with Gasteiger partial charge in [-0.05, 0) is 18.6 Å². The van der Waals surface area contributed by atoms with E-state index in [-0.39, 0.29) is 26.4 Å². The average molecular weight is 333 g/mol. The van der Waals surface area contributed by atoms with Crippen molar-refractivity contribution in [3.05, 3.63) is 36.5 Å². The van der Waals surface area contributed by atoms with E-state index < -0.39 is 6.04 Å². The number of benzene rings is 1. The Morgan fingerprint density at radius 2 is 1.88 bits per heavy atom. The monoisotopic (exact) mass is 333 g/mol. The molecule has 0 amide bonds. The maximum absolute atomic E-state index is 9.54. The first kappa shape index (κ1) is 17.9. The normalized spacial score (nSPS) is 12.0. The molecule has 0 aliphatic heterocycles. The van der Waals surface area contributed by atoms with Gasteiger partial charge in [0.25, 0.3) is 0 Å². The number of hydrogen-bond donors (Lipinski definition) is 5. The number of nitrogens with zero attached hydrogens (tertiary/aromatic N) is 3. The number of aromatic nitrogens is 2. The van der Waals surface area contributed by atoms with Crippen LogP contribution >= 0.6 is 0 Å². The van der Waals surface area contributed by atoms with Gasteiger partial charge in [0.15, 0.2) is 5.82 Å². The van der Waals surface area contributed by atoms with Crippen molar-refractivity contribution in [2.24, 2.45) is 0 Å². The van der Waals surface area contributed by atoms with Crippen molar-refractivity contribution in [1.29, 1.82) is 0 Å². The lowest BCUT2D eigenvalue weighted by Crippen LogP contribution is -2.41. The van der Waals surface area contributed by atoms with Gasteiger partial charge in [-0.1, -0.05) is 18.2 Å². The van der Waals surface area contributed by atoms with E-state index in [0.29, 0.717) is 23.9 Å². The average Bonchev–Trinajstić information content (AvgIpc) is 2.61. The Hall–Kier alpha value is -2.42. The maximum Gasteiger partial charge on any atom is 0.227 e. The van der Waals surface area contributed by atoms with Crippen LogP contribution in [0, 0.1) is 0 Å². The minimum atomic E-state index is -0.393. The summed E-state index contributed by atoms with van der Waals surface area (Å²) < 4.78 is 0. The third-order valence-electron chi connectivity index (χ3n) is 3.55. The zero-order chi connectivity index (χ0) is 17.4. The third kappa shape index (κ3) is 4.54. The van der Waals surface area contributed by atoms with Gasteiger partial charge in [-0.2, -0.15) is 4.98 Å². The lowest BCUT2D eigenvalue weighted by Gasteiger charge is -2.30. The standard InChI is InChI=1S/C16H23N5O3/c17-14-10-18-16(21(7-9-23)13(11-24)6-8-22)20-15(14)19-12-4-2-1-3-5-12/h1-5,10,13,22-24H,6-9,11,17H2,(H,18,19,20). The van der Waals surface area contributed by atoms with E-state index in [4.69, 9.17) is 10.8 Å². The van der Waals surface area contributed by atoms with E-state index in [9.17, 15) is 10.2 Å². The summed E-state index contributed by atoms with van der Waals surface area (Å²) >= 11 is 0. The lowest BCUT2D eigenvalue weighted by molar-refractivity contribution is 0.207. The molecule has 0 fully saturated rings. The Morgan fingerprint density at radius 1 is 1.12 bits per heavy atom. The van der Waals surface area contributed by atoms with Gasteiger partial charge in [0.2, 0.25) is 5.95 Å². The van der Waals surface area contributed by atoms with E-state index in [2.05, 4.69) is 15.3 Å². The lowest BCUT2D eigenvalue weighted by atomic mass is 10.2. The van der Waals surface area contributed by atoms with Crippen LogP contribution in [0.5, 0.6) is 0 Å². The molecule has 6 N–H and O–H groups in total. The van der Waals surface area contributed by atoms with E-state index in [1.807, 2.05) is 30.3 Å². The van der Waals surface area contributed by atoms with Gasteiger partial charge in [0, 0.05) is 18.8 Å². The first-order chi connectivity index (χ1) is 11.7. The van der Waals surface area contributed by atoms with E-state index in [1.165, 1.54) is 6.20 Å². The fraction of sp³-hybridized carbons (Fsp3) is 0.375. The fourth-order valence-electron chi connectivity index (χ4n) is 2.33. The Kier molecular flexibility index (Phi) is 6.74. The van der Waals surface area contributed by atoms with Crippen LogP contribution in [0.1, 0.15) is 6.42 Å². The van der Waals surface area contributed by atoms with Crippen LogP contribution in [-0.2, 0) is 0 Å². The minimum absolute atomic E-state index is 0.0861. The SMILES string of the molecule is Nc1cnc(N(CCO)C(CO)CCO)nc1Nc1ccccc1. The number of nitrogens with two attached hydrogens (primary N) is 1. The predicted molar refractivity (Wildman–Crippen MR) is 93.2 cm³/mol. The van der Waals surface area contributed by atoms with Crippen LogP contribution in [0.4, 0.5) is 23.1 Å². The topological polar surface area (TPSA) is 128 Å². The van der Waals surface area contributed by atoms with Gasteiger partial charge in [0.05, 0.1) is 31.1 Å². The zero-order valence-corrected chi connectivity index (χ0v) is 13.3. The molecule has 0 radical (unpaired) electrons. The smallest absolute Gasteiger partial charge is 0.227 e. The molecular weight excluding hydrogens is 310 g/mol. The second-order valence-corrected chi connectivity index (χ2v) is 5.23. The molecule has 0 saturated carbocycles. The van der Waals surface area contributed by atoms with Crippen LogP contribution in [0.15, 0.2) is 36.5 Å². The molecule has 1 aromatic heterocycles. The summed E-state index contributed by atoms with van der Waals surface area (Å²) in [4.78, 5) is 10.3. The van der Waals surface area contributed by atoms with Gasteiger partial charge in [0.1, 0.15) is 0 Å². The summed E-state index contributed by atoms with van der Waals surface area (Å²) in [6, 6.07) is 9.06. The van der Waals surface area contributed by atoms with Crippen molar-refractivity contribution in [2.75, 3.05) is 42.3 Å². The van der Waals surface area contributed by atoms with E-state index in [0.717, 1.165) is 5.69 Å². The Balaban J connectivity index is 2.29. The van der Waals surface area contributed by atoms with E-state index in [1.54, 1.807) is 4.90 Å². The summed E-state index contributed by atoms with van der Waals surface area (Å²) in [6.45, 7) is -0.163. The summed E-state index contributed by atoms with van der Waals surface area (Å²) in [7, 11) is 0. The first-order valence-electron chi connectivity index (χ1n) is 7.73. The molecule has 0 spiro atoms. The number of hydrogen-bond acceptors (Lipinski definition) is 8. The summed E-state index contributed by atoms with van der Waals surface area (Å²) in [5.74, 6) is 0.763. The molecule has 8 heteroatoms. The van der Waals surface area contributed by atoms with E-state index >= 15 is 0 Å². The molecule has 0 saturated heterocycles. The second kappa shape index (κ2) is 9.02. The van der Waals surface area contributed by atoms with Crippen LogP contribution in [0.3, 0.4) is 0 Å². The Morgan fingerprint density at radius 3 is 2.50 bits per heavy atom. The van der Waals surface area contributed by atoms with Gasteiger partial charge in [-0.15, -0.1) is 0 Å². The highest BCUT2D eigenvalue weighted by molar-refractivity contribution is 5.69. The van der Waals surface area contributed by atoms with Gasteiger partial charge < -0.3 is 31.3 Å². The number of nitrogen functional groups attached to an aromatic ring is 1. The summed E-state index contributed by atoms with van der Waals surface area (Å²) in [5.41, 5.74) is 7.15. The molecule has 1 aromatic carbocycles. The van der Waals surface area contributed by atoms with Crippen LogP contribution in [0.25, 0.3) is 0 Å². The number of aliphatic hydroxyl groups is 3. The van der Waals surface area contributed by atoms with Crippen molar-refractivity contribution < 1.29 is 15.3 Å². The molecule has 0 aliphatic carbocycles. The molecule has 24 heavy (non-hydrogen) atoms. The van der Waals surface area contributed by atoms with Crippen LogP contribution in [-0.4, -0.2) is 57.7 Å². The molecule has 0 aliphatic rings. The molecule has 0 bridgehead atoms. The number of para-hydroxylation sites is 1. The summed E-state index contributed by atoms with van der Waals surface area (Å²) in [5, 5.41) is 31.1. The number of anilines is 4.